The van der Waals surface area contributed by atoms with Gasteiger partial charge in [0.05, 0.1) is 4.90 Å². The first kappa shape index (κ1) is 10.6. The summed E-state index contributed by atoms with van der Waals surface area (Å²) < 4.78 is 22.2. The Bertz CT molecular complexity index is 387. The molecule has 0 spiro atoms. The Labute approximate surface area is 83.4 Å². The number of benzene rings is 1. The van der Waals surface area contributed by atoms with Crippen LogP contribution in [0.25, 0.3) is 0 Å². The number of primary sulfonamides is 1. The van der Waals surface area contributed by atoms with Gasteiger partial charge in [-0.05, 0) is 23.8 Å². The molecule has 3 nitrogen and oxygen atoms in total. The Hall–Kier alpha value is -0.520. The molecule has 1 rings (SSSR count). The Morgan fingerprint density at radius 2 is 1.92 bits per heavy atom. The van der Waals surface area contributed by atoms with Gasteiger partial charge in [-0.15, -0.1) is 0 Å². The van der Waals surface area contributed by atoms with E-state index in [4.69, 9.17) is 5.14 Å². The summed E-state index contributed by atoms with van der Waals surface area (Å²) >= 11 is 4.04. The van der Waals surface area contributed by atoms with Crippen molar-refractivity contribution in [3.63, 3.8) is 0 Å². The van der Waals surface area contributed by atoms with Gasteiger partial charge in [-0.1, -0.05) is 18.2 Å². The Balaban J connectivity index is 3.20. The minimum Gasteiger partial charge on any atom is -0.225 e. The van der Waals surface area contributed by atoms with Gasteiger partial charge in [-0.25, -0.2) is 13.6 Å². The molecule has 0 atom stereocenters. The minimum absolute atomic E-state index is 0.198. The predicted molar refractivity (Wildman–Crippen MR) is 55.4 cm³/mol. The van der Waals surface area contributed by atoms with E-state index in [0.29, 0.717) is 12.2 Å². The fourth-order valence-electron chi connectivity index (χ4n) is 1.11. The maximum atomic E-state index is 11.1. The SMILES string of the molecule is NS(=O)(=O)c1ccccc1CCS. The van der Waals surface area contributed by atoms with Gasteiger partial charge in [0.15, 0.2) is 0 Å². The first-order chi connectivity index (χ1) is 6.05. The lowest BCUT2D eigenvalue weighted by molar-refractivity contribution is 0.597. The second-order valence-electron chi connectivity index (χ2n) is 2.63. The molecule has 0 aliphatic carbocycles. The highest BCUT2D eigenvalue weighted by molar-refractivity contribution is 7.89. The predicted octanol–water partition coefficient (Wildman–Crippen LogP) is 0.806. The number of hydrogen-bond donors (Lipinski definition) is 2. The molecule has 0 amide bonds. The van der Waals surface area contributed by atoms with Gasteiger partial charge in [-0.3, -0.25) is 0 Å². The lowest BCUT2D eigenvalue weighted by Gasteiger charge is -2.04. The van der Waals surface area contributed by atoms with E-state index in [2.05, 4.69) is 12.6 Å². The smallest absolute Gasteiger partial charge is 0.225 e. The van der Waals surface area contributed by atoms with E-state index in [-0.39, 0.29) is 4.90 Å². The average Bonchev–Trinajstić information content (AvgIpc) is 2.04. The van der Waals surface area contributed by atoms with Crippen LogP contribution in [0.4, 0.5) is 0 Å². The molecule has 0 bridgehead atoms. The highest BCUT2D eigenvalue weighted by Crippen LogP contribution is 2.14. The standard InChI is InChI=1S/C8H11NO2S2/c9-13(10,11)8-4-2-1-3-7(8)5-6-12/h1-4,12H,5-6H2,(H2,9,10,11). The Kier molecular flexibility index (Phi) is 3.35. The van der Waals surface area contributed by atoms with Crippen LogP contribution >= 0.6 is 12.6 Å². The van der Waals surface area contributed by atoms with Crippen LogP contribution in [-0.2, 0) is 16.4 Å². The lowest BCUT2D eigenvalue weighted by Crippen LogP contribution is -2.14. The summed E-state index contributed by atoms with van der Waals surface area (Å²) in [4.78, 5) is 0.198. The molecule has 0 aliphatic heterocycles. The normalized spacial score (nSPS) is 11.5. The fraction of sp³-hybridized carbons (Fsp3) is 0.250. The molecule has 5 heteroatoms. The molecule has 72 valence electrons. The number of nitrogens with two attached hydrogens (primary N) is 1. The summed E-state index contributed by atoms with van der Waals surface area (Å²) in [5.74, 6) is 0.604. The van der Waals surface area contributed by atoms with Crippen molar-refractivity contribution >= 4 is 22.7 Å². The molecule has 0 heterocycles. The minimum atomic E-state index is -3.59. The van der Waals surface area contributed by atoms with Crippen molar-refractivity contribution in [2.75, 3.05) is 5.75 Å². The highest BCUT2D eigenvalue weighted by atomic mass is 32.2. The second kappa shape index (κ2) is 4.13. The van der Waals surface area contributed by atoms with Gasteiger partial charge in [0.25, 0.3) is 0 Å². The number of aryl methyl sites for hydroxylation is 1. The van der Waals surface area contributed by atoms with Gasteiger partial charge >= 0.3 is 0 Å². The summed E-state index contributed by atoms with van der Waals surface area (Å²) in [5, 5.41) is 5.04. The number of sulfonamides is 1. The third kappa shape index (κ3) is 2.72. The van der Waals surface area contributed by atoms with Gasteiger partial charge in [0.2, 0.25) is 10.0 Å². The van der Waals surface area contributed by atoms with Gasteiger partial charge < -0.3 is 0 Å². The molecule has 1 aromatic rings. The molecular formula is C8H11NO2S2. The maximum Gasteiger partial charge on any atom is 0.238 e. The van der Waals surface area contributed by atoms with E-state index in [1.807, 2.05) is 0 Å². The summed E-state index contributed by atoms with van der Waals surface area (Å²) in [6.45, 7) is 0. The molecule has 0 fully saturated rings. The average molecular weight is 217 g/mol. The van der Waals surface area contributed by atoms with Crippen molar-refractivity contribution < 1.29 is 8.42 Å². The molecule has 0 aliphatic rings. The molecule has 2 N–H and O–H groups in total. The highest BCUT2D eigenvalue weighted by Gasteiger charge is 2.11. The Morgan fingerprint density at radius 1 is 1.31 bits per heavy atom. The molecular weight excluding hydrogens is 206 g/mol. The fourth-order valence-corrected chi connectivity index (χ4v) is 2.15. The van der Waals surface area contributed by atoms with Crippen molar-refractivity contribution in [3.8, 4) is 0 Å². The van der Waals surface area contributed by atoms with Gasteiger partial charge in [-0.2, -0.15) is 12.6 Å². The van der Waals surface area contributed by atoms with Crippen LogP contribution < -0.4 is 5.14 Å². The van der Waals surface area contributed by atoms with Crippen molar-refractivity contribution in [3.05, 3.63) is 29.8 Å². The lowest BCUT2D eigenvalue weighted by atomic mass is 10.2. The van der Waals surface area contributed by atoms with E-state index in [1.54, 1.807) is 18.2 Å². The molecule has 0 saturated carbocycles. The Morgan fingerprint density at radius 3 is 2.46 bits per heavy atom. The second-order valence-corrected chi connectivity index (χ2v) is 4.60. The van der Waals surface area contributed by atoms with E-state index < -0.39 is 10.0 Å². The molecule has 13 heavy (non-hydrogen) atoms. The van der Waals surface area contributed by atoms with Crippen LogP contribution in [0.15, 0.2) is 29.2 Å². The maximum absolute atomic E-state index is 11.1. The van der Waals surface area contributed by atoms with Crippen molar-refractivity contribution in [2.45, 2.75) is 11.3 Å². The zero-order valence-electron chi connectivity index (χ0n) is 6.97. The quantitative estimate of drug-likeness (QED) is 0.736. The van der Waals surface area contributed by atoms with E-state index in [0.717, 1.165) is 5.56 Å². The zero-order valence-corrected chi connectivity index (χ0v) is 8.68. The van der Waals surface area contributed by atoms with Crippen LogP contribution in [0, 0.1) is 0 Å². The first-order valence-corrected chi connectivity index (χ1v) is 5.95. The number of thiol groups is 1. The van der Waals surface area contributed by atoms with Gasteiger partial charge in [0.1, 0.15) is 0 Å². The van der Waals surface area contributed by atoms with Crippen LogP contribution in [-0.4, -0.2) is 14.2 Å². The van der Waals surface area contributed by atoms with Crippen LogP contribution in [0.1, 0.15) is 5.56 Å². The van der Waals surface area contributed by atoms with Crippen molar-refractivity contribution in [2.24, 2.45) is 5.14 Å². The third-order valence-corrected chi connectivity index (χ3v) is 2.90. The molecule has 0 saturated heterocycles. The molecule has 1 aromatic carbocycles. The van der Waals surface area contributed by atoms with Crippen molar-refractivity contribution in [1.82, 2.24) is 0 Å². The summed E-state index contributed by atoms with van der Waals surface area (Å²) in [6, 6.07) is 6.69. The van der Waals surface area contributed by atoms with Crippen LogP contribution in [0.5, 0.6) is 0 Å². The van der Waals surface area contributed by atoms with Gasteiger partial charge in [0, 0.05) is 0 Å². The topological polar surface area (TPSA) is 60.2 Å². The van der Waals surface area contributed by atoms with Crippen molar-refractivity contribution in [1.29, 1.82) is 0 Å². The first-order valence-electron chi connectivity index (χ1n) is 3.77. The summed E-state index contributed by atoms with van der Waals surface area (Å²) in [5.41, 5.74) is 0.722. The van der Waals surface area contributed by atoms with Crippen LogP contribution in [0.2, 0.25) is 0 Å². The third-order valence-electron chi connectivity index (χ3n) is 1.66. The van der Waals surface area contributed by atoms with E-state index >= 15 is 0 Å². The van der Waals surface area contributed by atoms with Crippen LogP contribution in [0.3, 0.4) is 0 Å². The summed E-state index contributed by atoms with van der Waals surface area (Å²) in [7, 11) is -3.59. The number of rotatable bonds is 3. The van der Waals surface area contributed by atoms with E-state index in [9.17, 15) is 8.42 Å². The molecule has 0 radical (unpaired) electrons. The zero-order chi connectivity index (χ0) is 9.90. The number of hydrogen-bond acceptors (Lipinski definition) is 3. The largest absolute Gasteiger partial charge is 0.238 e. The monoisotopic (exact) mass is 217 g/mol. The van der Waals surface area contributed by atoms with E-state index in [1.165, 1.54) is 6.07 Å². The molecule has 0 aromatic heterocycles. The summed E-state index contributed by atoms with van der Waals surface area (Å²) in [6.07, 6.45) is 0.607. The molecule has 0 unspecified atom stereocenters.